The predicted molar refractivity (Wildman–Crippen MR) is 190 cm³/mol. The quantitative estimate of drug-likeness (QED) is 0.156. The molecule has 2 unspecified atom stereocenters. The molecule has 7 heterocycles. The highest BCUT2D eigenvalue weighted by molar-refractivity contribution is 6.07. The van der Waals surface area contributed by atoms with Gasteiger partial charge in [-0.15, -0.1) is 0 Å². The zero-order chi connectivity index (χ0) is 35.0. The van der Waals surface area contributed by atoms with Crippen molar-refractivity contribution in [3.05, 3.63) is 95.3 Å². The molecule has 0 radical (unpaired) electrons. The lowest BCUT2D eigenvalue weighted by Gasteiger charge is -2.29. The molecular weight excluding hydrogens is 644 g/mol. The number of fused-ring (bicyclic) bond motifs is 7. The first-order chi connectivity index (χ1) is 24.5. The summed E-state index contributed by atoms with van der Waals surface area (Å²) >= 11 is 0. The summed E-state index contributed by atoms with van der Waals surface area (Å²) in [4.78, 5) is 40.8. The third kappa shape index (κ3) is 4.05. The van der Waals surface area contributed by atoms with Gasteiger partial charge in [-0.05, 0) is 29.2 Å². The Hall–Kier alpha value is -5.84. The highest BCUT2D eigenvalue weighted by atomic mass is 16.5. The van der Waals surface area contributed by atoms with Gasteiger partial charge < -0.3 is 34.5 Å². The van der Waals surface area contributed by atoms with E-state index in [0.29, 0.717) is 34.7 Å². The summed E-state index contributed by atoms with van der Waals surface area (Å²) < 4.78 is 20.4. The van der Waals surface area contributed by atoms with Gasteiger partial charge in [0.15, 0.2) is 23.4 Å². The van der Waals surface area contributed by atoms with E-state index in [-0.39, 0.29) is 24.2 Å². The summed E-state index contributed by atoms with van der Waals surface area (Å²) in [7, 11) is 0. The molecule has 6 aromatic rings. The molecule has 4 aliphatic heterocycles. The highest BCUT2D eigenvalue weighted by Crippen LogP contribution is 2.61. The normalized spacial score (nSPS) is 22.4. The molecule has 3 aromatic heterocycles. The van der Waals surface area contributed by atoms with Gasteiger partial charge in [-0.3, -0.25) is 9.59 Å². The van der Waals surface area contributed by atoms with Crippen molar-refractivity contribution in [1.29, 1.82) is 0 Å². The molecule has 0 saturated carbocycles. The molecule has 10 rings (SSSR count). The van der Waals surface area contributed by atoms with Crippen molar-refractivity contribution in [2.24, 2.45) is 11.3 Å². The number of para-hydroxylation sites is 1. The molecule has 4 atom stereocenters. The Morgan fingerprint density at radius 3 is 2.65 bits per heavy atom. The average Bonchev–Trinajstić information content (AvgIpc) is 3.91. The molecule has 2 amide bonds. The van der Waals surface area contributed by atoms with Crippen LogP contribution in [0.15, 0.2) is 75.8 Å². The number of benzene rings is 3. The zero-order valence-electron chi connectivity index (χ0n) is 28.8. The summed E-state index contributed by atoms with van der Waals surface area (Å²) in [5, 5.41) is 11.0. The summed E-state index contributed by atoms with van der Waals surface area (Å²) in [5.74, 6) is 1.73. The molecule has 4 aliphatic rings. The van der Waals surface area contributed by atoms with E-state index in [0.717, 1.165) is 50.0 Å². The largest absolute Gasteiger partial charge is 0.469 e. The number of oxazole rings is 2. The van der Waals surface area contributed by atoms with E-state index in [1.165, 1.54) is 0 Å². The Morgan fingerprint density at radius 2 is 1.82 bits per heavy atom. The maximum Gasteiger partial charge on any atom is 0.249 e. The molecule has 0 fully saturated rings. The second-order valence-electron chi connectivity index (χ2n) is 15.4. The minimum atomic E-state index is -1.02. The number of carbonyl (C=O) groups is 2. The predicted octanol–water partition coefficient (Wildman–Crippen LogP) is 6.84. The van der Waals surface area contributed by atoms with Gasteiger partial charge in [0.1, 0.15) is 23.2 Å². The van der Waals surface area contributed by atoms with Crippen LogP contribution in [0, 0.1) is 11.3 Å². The van der Waals surface area contributed by atoms with Crippen LogP contribution in [-0.4, -0.2) is 39.0 Å². The van der Waals surface area contributed by atoms with E-state index in [1.807, 2.05) is 59.0 Å². The summed E-state index contributed by atoms with van der Waals surface area (Å²) in [6.45, 7) is 9.51. The second-order valence-corrected chi connectivity index (χ2v) is 15.4. The SMILES string of the molecule is CC(C)[C@@H]1NC(=O)[C@@H](NC(=O)C(C)(C)C)Cc2ccc3c(c2)C24c5cccc(c5NC2O3)-c2cccc3[nH]cc(c23)-c2cnc(o2)-c2nc1oc24. The van der Waals surface area contributed by atoms with Crippen molar-refractivity contribution in [3.8, 4) is 39.8 Å². The molecule has 51 heavy (non-hydrogen) atoms. The molecule has 0 aliphatic carbocycles. The van der Waals surface area contributed by atoms with E-state index in [2.05, 4.69) is 57.3 Å². The minimum absolute atomic E-state index is 0.123. The lowest BCUT2D eigenvalue weighted by molar-refractivity contribution is -0.133. The molecule has 256 valence electrons. The third-order valence-corrected chi connectivity index (χ3v) is 10.8. The molecule has 3 aromatic carbocycles. The fourth-order valence-corrected chi connectivity index (χ4v) is 8.23. The van der Waals surface area contributed by atoms with Gasteiger partial charge >= 0.3 is 0 Å². The summed E-state index contributed by atoms with van der Waals surface area (Å²) in [5.41, 5.74) is 6.23. The zero-order valence-corrected chi connectivity index (χ0v) is 28.8. The first-order valence-electron chi connectivity index (χ1n) is 17.4. The number of nitrogens with zero attached hydrogens (tertiary/aromatic N) is 2. The van der Waals surface area contributed by atoms with Gasteiger partial charge in [0.05, 0.1) is 6.20 Å². The van der Waals surface area contributed by atoms with Gasteiger partial charge in [-0.2, -0.15) is 0 Å². The molecule has 11 heteroatoms. The third-order valence-electron chi connectivity index (χ3n) is 10.8. The highest BCUT2D eigenvalue weighted by Gasteiger charge is 2.61. The van der Waals surface area contributed by atoms with Crippen molar-refractivity contribution in [1.82, 2.24) is 25.6 Å². The number of nitrogens with one attached hydrogen (secondary N) is 4. The maximum absolute atomic E-state index is 14.2. The molecule has 1 spiro atoms. The fourth-order valence-electron chi connectivity index (χ4n) is 8.23. The van der Waals surface area contributed by atoms with Crippen LogP contribution < -0.4 is 20.7 Å². The second kappa shape index (κ2) is 10.1. The van der Waals surface area contributed by atoms with Crippen LogP contribution in [-0.2, 0) is 21.4 Å². The number of anilines is 1. The van der Waals surface area contributed by atoms with E-state index in [1.54, 1.807) is 6.20 Å². The van der Waals surface area contributed by atoms with E-state index in [9.17, 15) is 9.59 Å². The number of aromatic amines is 1. The van der Waals surface area contributed by atoms with Gasteiger partial charge in [-0.25, -0.2) is 9.97 Å². The average molecular weight is 681 g/mol. The number of hydrogen-bond donors (Lipinski definition) is 4. The van der Waals surface area contributed by atoms with E-state index >= 15 is 0 Å². The fraction of sp³-hybridized carbons (Fsp3) is 0.300. The molecule has 0 saturated heterocycles. The lowest BCUT2D eigenvalue weighted by Crippen LogP contribution is -2.52. The Labute approximate surface area is 293 Å². The van der Waals surface area contributed by atoms with Crippen molar-refractivity contribution in [2.75, 3.05) is 5.32 Å². The number of carbonyl (C=O) groups excluding carboxylic acids is 2. The van der Waals surface area contributed by atoms with Crippen LogP contribution in [0.25, 0.3) is 44.9 Å². The van der Waals surface area contributed by atoms with Crippen molar-refractivity contribution in [2.45, 2.75) is 64.8 Å². The van der Waals surface area contributed by atoms with Gasteiger partial charge in [0.2, 0.25) is 23.6 Å². The first kappa shape index (κ1) is 30.0. The van der Waals surface area contributed by atoms with Gasteiger partial charge in [0.25, 0.3) is 0 Å². The lowest BCUT2D eigenvalue weighted by atomic mass is 9.72. The Morgan fingerprint density at radius 1 is 1.00 bits per heavy atom. The minimum Gasteiger partial charge on any atom is -0.469 e. The number of hydrogen-bond acceptors (Lipinski definition) is 8. The van der Waals surface area contributed by atoms with Crippen LogP contribution in [0.1, 0.15) is 69.0 Å². The van der Waals surface area contributed by atoms with Crippen molar-refractivity contribution in [3.63, 3.8) is 0 Å². The molecule has 4 N–H and O–H groups in total. The number of ether oxygens (including phenoxy) is 1. The molecular formula is C40H36N6O5. The molecule has 10 bridgehead atoms. The van der Waals surface area contributed by atoms with Crippen LogP contribution in [0.2, 0.25) is 0 Å². The number of H-pyrrole nitrogens is 1. The van der Waals surface area contributed by atoms with Crippen LogP contribution in [0.3, 0.4) is 0 Å². The van der Waals surface area contributed by atoms with E-state index in [4.69, 9.17) is 23.5 Å². The number of aromatic nitrogens is 3. The Kier molecular flexibility index (Phi) is 5.96. The van der Waals surface area contributed by atoms with Crippen molar-refractivity contribution >= 4 is 28.4 Å². The van der Waals surface area contributed by atoms with Crippen molar-refractivity contribution < 1.29 is 23.2 Å². The maximum atomic E-state index is 14.2. The molecule has 11 nitrogen and oxygen atoms in total. The first-order valence-corrected chi connectivity index (χ1v) is 17.4. The Bertz CT molecular complexity index is 2460. The van der Waals surface area contributed by atoms with Gasteiger partial charge in [-0.1, -0.05) is 77.1 Å². The van der Waals surface area contributed by atoms with E-state index < -0.39 is 29.1 Å². The van der Waals surface area contributed by atoms with Crippen LogP contribution in [0.5, 0.6) is 5.75 Å². The topological polar surface area (TPSA) is 147 Å². The van der Waals surface area contributed by atoms with Crippen LogP contribution >= 0.6 is 0 Å². The number of amides is 2. The standard InChI is InChI=1S/C40H36N6O5/c1-18(2)30-36-45-32-33(51-36)40-23-10-6-9-21(20-8-7-11-25-29(20)22(16-41-25)28-17-42-35(32)49-28)31(23)46-38(40)50-27-13-12-19(14-24(27)40)15-26(34(47)44-30)43-37(48)39(3,4)5/h6-14,16-18,26,30,38,41,46H,15H2,1-5H3,(H,43,48)(H,44,47)/t26-,30-,38?,40?/m0/s1. The van der Waals surface area contributed by atoms with Crippen LogP contribution in [0.4, 0.5) is 5.69 Å². The van der Waals surface area contributed by atoms with Gasteiger partial charge in [0, 0.05) is 56.9 Å². The number of rotatable bonds is 2. The summed E-state index contributed by atoms with van der Waals surface area (Å²) in [6.07, 6.45) is 3.34. The Balaban J connectivity index is 1.30. The smallest absolute Gasteiger partial charge is 0.249 e. The summed E-state index contributed by atoms with van der Waals surface area (Å²) in [6, 6.07) is 17.0. The monoisotopic (exact) mass is 680 g/mol.